The van der Waals surface area contributed by atoms with Crippen LogP contribution < -0.4 is 4.90 Å². The van der Waals surface area contributed by atoms with Crippen LogP contribution in [0.1, 0.15) is 30.5 Å². The molecule has 1 aliphatic rings. The zero-order chi connectivity index (χ0) is 43.6. The van der Waals surface area contributed by atoms with Gasteiger partial charge in [0.1, 0.15) is 0 Å². The molecular weight excluding hydrogens is 787 g/mol. The number of nitriles is 1. The fraction of sp³-hybridized carbons (Fsp3) is 0.0484. The minimum atomic E-state index is -0.0498. The summed E-state index contributed by atoms with van der Waals surface area (Å²) in [6, 6.07) is 83.2. The number of hydrogen-bond acceptors (Lipinski definition) is 2. The summed E-state index contributed by atoms with van der Waals surface area (Å²) in [5.41, 5.74) is 19.7. The first-order valence-corrected chi connectivity index (χ1v) is 22.3. The summed E-state index contributed by atoms with van der Waals surface area (Å²) < 4.78 is 2.37. The summed E-state index contributed by atoms with van der Waals surface area (Å²) in [6.45, 7) is 4.67. The minimum absolute atomic E-state index is 0.0498. The Labute approximate surface area is 379 Å². The smallest absolute Gasteiger partial charge is 0.0991 e. The highest BCUT2D eigenvalue weighted by atomic mass is 15.1. The van der Waals surface area contributed by atoms with Gasteiger partial charge in [0, 0.05) is 38.9 Å². The van der Waals surface area contributed by atoms with E-state index in [0.29, 0.717) is 5.56 Å². The number of hydrogen-bond donors (Lipinski definition) is 0. The number of benzene rings is 10. The highest BCUT2D eigenvalue weighted by Crippen LogP contribution is 2.50. The fourth-order valence-electron chi connectivity index (χ4n) is 10.2. The second-order valence-corrected chi connectivity index (χ2v) is 17.7. The van der Waals surface area contributed by atoms with Gasteiger partial charge in [-0.15, -0.1) is 0 Å². The molecule has 0 saturated heterocycles. The SMILES string of the molecule is CC1(C)c2ccccc2-c2ccc(-c3ccc4cc(N(c5ccc(C#N)cc5)c5ccc(-c6ccc7c(c6)c6cc(-c8ccccc8)ccc6n7-c6ccccc6)cc5)ccc4c3)cc21. The molecule has 306 valence electrons. The van der Waals surface area contributed by atoms with E-state index in [4.69, 9.17) is 0 Å². The second-order valence-electron chi connectivity index (χ2n) is 17.7. The van der Waals surface area contributed by atoms with E-state index >= 15 is 0 Å². The Morgan fingerprint density at radius 2 is 0.892 bits per heavy atom. The average molecular weight is 830 g/mol. The van der Waals surface area contributed by atoms with Crippen LogP contribution in [0, 0.1) is 11.3 Å². The Hall–Kier alpha value is -8.45. The molecule has 3 heteroatoms. The molecule has 0 atom stereocenters. The molecule has 0 aliphatic heterocycles. The summed E-state index contributed by atoms with van der Waals surface area (Å²) in [6.07, 6.45) is 0. The first kappa shape index (κ1) is 38.2. The van der Waals surface area contributed by atoms with E-state index in [1.165, 1.54) is 71.7 Å². The van der Waals surface area contributed by atoms with E-state index < -0.39 is 0 Å². The van der Waals surface area contributed by atoms with E-state index in [1.54, 1.807) is 0 Å². The predicted molar refractivity (Wildman–Crippen MR) is 272 cm³/mol. The molecule has 11 aromatic rings. The summed E-state index contributed by atoms with van der Waals surface area (Å²) in [4.78, 5) is 2.28. The number of para-hydroxylation sites is 1. The molecule has 0 saturated carbocycles. The number of fused-ring (bicyclic) bond motifs is 7. The van der Waals surface area contributed by atoms with Crippen LogP contribution in [0.3, 0.4) is 0 Å². The Kier molecular flexibility index (Phi) is 8.90. The normalized spacial score (nSPS) is 12.6. The van der Waals surface area contributed by atoms with Gasteiger partial charge in [0.25, 0.3) is 0 Å². The molecular formula is C62H43N3. The molecule has 0 amide bonds. The van der Waals surface area contributed by atoms with Crippen molar-refractivity contribution in [3.05, 3.63) is 241 Å². The van der Waals surface area contributed by atoms with Crippen molar-refractivity contribution < 1.29 is 0 Å². The van der Waals surface area contributed by atoms with Gasteiger partial charge in [-0.25, -0.2) is 0 Å². The van der Waals surface area contributed by atoms with Crippen molar-refractivity contribution in [3.63, 3.8) is 0 Å². The second kappa shape index (κ2) is 15.1. The van der Waals surface area contributed by atoms with Crippen molar-refractivity contribution in [2.45, 2.75) is 19.3 Å². The molecule has 0 N–H and O–H groups in total. The predicted octanol–water partition coefficient (Wildman–Crippen LogP) is 16.6. The van der Waals surface area contributed by atoms with Gasteiger partial charge in [0.05, 0.1) is 22.7 Å². The zero-order valence-electron chi connectivity index (χ0n) is 36.2. The summed E-state index contributed by atoms with van der Waals surface area (Å²) >= 11 is 0. The number of nitrogens with zero attached hydrogens (tertiary/aromatic N) is 3. The van der Waals surface area contributed by atoms with Gasteiger partial charge in [-0.1, -0.05) is 141 Å². The van der Waals surface area contributed by atoms with Crippen LogP contribution >= 0.6 is 0 Å². The molecule has 0 spiro atoms. The van der Waals surface area contributed by atoms with E-state index in [-0.39, 0.29) is 5.41 Å². The lowest BCUT2D eigenvalue weighted by molar-refractivity contribution is 0.660. The van der Waals surface area contributed by atoms with Crippen molar-refractivity contribution in [1.29, 1.82) is 5.26 Å². The molecule has 0 bridgehead atoms. The van der Waals surface area contributed by atoms with Crippen LogP contribution in [0.5, 0.6) is 0 Å². The number of anilines is 3. The first-order valence-electron chi connectivity index (χ1n) is 22.3. The fourth-order valence-corrected chi connectivity index (χ4v) is 10.2. The third-order valence-electron chi connectivity index (χ3n) is 13.6. The van der Waals surface area contributed by atoms with Gasteiger partial charge < -0.3 is 9.47 Å². The van der Waals surface area contributed by atoms with Crippen molar-refractivity contribution in [1.82, 2.24) is 4.57 Å². The van der Waals surface area contributed by atoms with Crippen LogP contribution in [0.25, 0.3) is 82.8 Å². The first-order chi connectivity index (χ1) is 31.9. The largest absolute Gasteiger partial charge is 0.310 e. The molecule has 1 heterocycles. The van der Waals surface area contributed by atoms with E-state index in [2.05, 4.69) is 230 Å². The molecule has 10 aromatic carbocycles. The molecule has 0 unspecified atom stereocenters. The molecule has 1 aliphatic carbocycles. The lowest BCUT2D eigenvalue weighted by Gasteiger charge is -2.26. The van der Waals surface area contributed by atoms with E-state index in [1.807, 2.05) is 24.3 Å². The topological polar surface area (TPSA) is 32.0 Å². The van der Waals surface area contributed by atoms with Crippen LogP contribution in [0.2, 0.25) is 0 Å². The van der Waals surface area contributed by atoms with Gasteiger partial charge in [-0.2, -0.15) is 5.26 Å². The van der Waals surface area contributed by atoms with Crippen molar-refractivity contribution in [2.24, 2.45) is 0 Å². The van der Waals surface area contributed by atoms with Crippen LogP contribution in [-0.2, 0) is 5.41 Å². The maximum atomic E-state index is 9.66. The Morgan fingerprint density at radius 1 is 0.400 bits per heavy atom. The highest BCUT2D eigenvalue weighted by Gasteiger charge is 2.35. The van der Waals surface area contributed by atoms with Gasteiger partial charge >= 0.3 is 0 Å². The zero-order valence-corrected chi connectivity index (χ0v) is 36.2. The van der Waals surface area contributed by atoms with Gasteiger partial charge in [-0.05, 0) is 163 Å². The maximum absolute atomic E-state index is 9.66. The van der Waals surface area contributed by atoms with E-state index in [9.17, 15) is 5.26 Å². The highest BCUT2D eigenvalue weighted by molar-refractivity contribution is 6.11. The minimum Gasteiger partial charge on any atom is -0.310 e. The van der Waals surface area contributed by atoms with Gasteiger partial charge in [0.15, 0.2) is 0 Å². The van der Waals surface area contributed by atoms with Gasteiger partial charge in [0.2, 0.25) is 0 Å². The standard InChI is InChI=1S/C62H43N3/c1-62(2)58-16-10-9-15-54(58)55-32-24-49(39-59(55)62)44-19-20-46-36-53(31-23-45(46)35-44)64(51-27-17-41(40-63)18-28-51)52-29-21-43(22-30-52)48-26-34-61-57(38-48)56-37-47(42-11-5-3-6-12-42)25-33-60(56)65(61)50-13-7-4-8-14-50/h3-39H,1-2H3. The molecule has 12 rings (SSSR count). The molecule has 3 nitrogen and oxygen atoms in total. The molecule has 0 radical (unpaired) electrons. The van der Waals surface area contributed by atoms with Crippen molar-refractivity contribution >= 4 is 49.6 Å². The van der Waals surface area contributed by atoms with Gasteiger partial charge in [-0.3, -0.25) is 0 Å². The third-order valence-corrected chi connectivity index (χ3v) is 13.6. The molecule has 0 fully saturated rings. The monoisotopic (exact) mass is 829 g/mol. The lowest BCUT2D eigenvalue weighted by Crippen LogP contribution is -2.14. The Balaban J connectivity index is 0.911. The van der Waals surface area contributed by atoms with Crippen molar-refractivity contribution in [2.75, 3.05) is 4.90 Å². The summed E-state index contributed by atoms with van der Waals surface area (Å²) in [5.74, 6) is 0. The Bertz CT molecular complexity index is 3670. The van der Waals surface area contributed by atoms with Crippen LogP contribution in [-0.4, -0.2) is 4.57 Å². The summed E-state index contributed by atoms with van der Waals surface area (Å²) in [7, 11) is 0. The lowest BCUT2D eigenvalue weighted by atomic mass is 9.81. The number of aromatic nitrogens is 1. The van der Waals surface area contributed by atoms with Crippen LogP contribution in [0.4, 0.5) is 17.1 Å². The van der Waals surface area contributed by atoms with E-state index in [0.717, 1.165) is 39.3 Å². The van der Waals surface area contributed by atoms with Crippen LogP contribution in [0.15, 0.2) is 224 Å². The average Bonchev–Trinajstić information content (AvgIpc) is 3.81. The molecule has 1 aromatic heterocycles. The number of rotatable bonds is 7. The van der Waals surface area contributed by atoms with Crippen molar-refractivity contribution in [3.8, 4) is 56.3 Å². The Morgan fingerprint density at radius 3 is 1.58 bits per heavy atom. The quantitative estimate of drug-likeness (QED) is 0.160. The summed E-state index contributed by atoms with van der Waals surface area (Å²) in [5, 5.41) is 14.4. The molecule has 65 heavy (non-hydrogen) atoms. The maximum Gasteiger partial charge on any atom is 0.0991 e. The third kappa shape index (κ3) is 6.42.